The van der Waals surface area contributed by atoms with Gasteiger partial charge in [-0.2, -0.15) is 0 Å². The SMILES string of the molecule is CCOc1ccc(C(=O)NCCCc2cccc(OC(C)C)c2)cc1C. The number of rotatable bonds is 9. The molecular formula is C22H29NO3. The maximum absolute atomic E-state index is 12.3. The van der Waals surface area contributed by atoms with Gasteiger partial charge in [0.05, 0.1) is 12.7 Å². The first-order valence-electron chi connectivity index (χ1n) is 9.27. The number of carbonyl (C=O) groups is 1. The second-order valence-electron chi connectivity index (χ2n) is 6.59. The molecule has 0 aliphatic heterocycles. The third-order valence-electron chi connectivity index (χ3n) is 3.93. The monoisotopic (exact) mass is 355 g/mol. The first-order chi connectivity index (χ1) is 12.5. The van der Waals surface area contributed by atoms with Crippen molar-refractivity contribution in [3.63, 3.8) is 0 Å². The average Bonchev–Trinajstić information content (AvgIpc) is 2.60. The van der Waals surface area contributed by atoms with Crippen LogP contribution in [0.5, 0.6) is 11.5 Å². The lowest BCUT2D eigenvalue weighted by Gasteiger charge is -2.11. The molecule has 0 saturated carbocycles. The van der Waals surface area contributed by atoms with Crippen molar-refractivity contribution >= 4 is 5.91 Å². The normalized spacial score (nSPS) is 10.7. The second kappa shape index (κ2) is 9.85. The zero-order valence-corrected chi connectivity index (χ0v) is 16.2. The lowest BCUT2D eigenvalue weighted by Crippen LogP contribution is -2.24. The van der Waals surface area contributed by atoms with Crippen LogP contribution in [0.3, 0.4) is 0 Å². The summed E-state index contributed by atoms with van der Waals surface area (Å²) in [6.45, 7) is 9.20. The lowest BCUT2D eigenvalue weighted by atomic mass is 10.1. The molecule has 4 nitrogen and oxygen atoms in total. The fraction of sp³-hybridized carbons (Fsp3) is 0.409. The van der Waals surface area contributed by atoms with Crippen molar-refractivity contribution in [1.82, 2.24) is 5.32 Å². The molecule has 0 heterocycles. The predicted molar refractivity (Wildman–Crippen MR) is 105 cm³/mol. The smallest absolute Gasteiger partial charge is 0.251 e. The van der Waals surface area contributed by atoms with E-state index in [1.807, 2.05) is 52.0 Å². The summed E-state index contributed by atoms with van der Waals surface area (Å²) < 4.78 is 11.2. The average molecular weight is 355 g/mol. The summed E-state index contributed by atoms with van der Waals surface area (Å²) in [4.78, 5) is 12.3. The summed E-state index contributed by atoms with van der Waals surface area (Å²) >= 11 is 0. The van der Waals surface area contributed by atoms with Crippen LogP contribution in [-0.2, 0) is 6.42 Å². The standard InChI is InChI=1S/C22H29NO3/c1-5-25-21-12-11-19(14-17(21)4)22(24)23-13-7-9-18-8-6-10-20(15-18)26-16(2)3/h6,8,10-12,14-16H,5,7,9,13H2,1-4H3,(H,23,24). The van der Waals surface area contributed by atoms with E-state index in [9.17, 15) is 4.79 Å². The van der Waals surface area contributed by atoms with Gasteiger partial charge in [0.25, 0.3) is 5.91 Å². The van der Waals surface area contributed by atoms with Gasteiger partial charge in [0.15, 0.2) is 0 Å². The van der Waals surface area contributed by atoms with Crippen molar-refractivity contribution in [1.29, 1.82) is 0 Å². The van der Waals surface area contributed by atoms with Crippen molar-refractivity contribution in [2.75, 3.05) is 13.2 Å². The van der Waals surface area contributed by atoms with Gasteiger partial charge in [0.1, 0.15) is 11.5 Å². The van der Waals surface area contributed by atoms with Gasteiger partial charge in [0, 0.05) is 12.1 Å². The van der Waals surface area contributed by atoms with E-state index in [-0.39, 0.29) is 12.0 Å². The van der Waals surface area contributed by atoms with E-state index in [0.29, 0.717) is 18.7 Å². The molecule has 0 radical (unpaired) electrons. The fourth-order valence-electron chi connectivity index (χ4n) is 2.75. The summed E-state index contributed by atoms with van der Waals surface area (Å²) in [5, 5.41) is 2.98. The molecule has 2 aromatic carbocycles. The van der Waals surface area contributed by atoms with Crippen LogP contribution in [-0.4, -0.2) is 25.2 Å². The lowest BCUT2D eigenvalue weighted by molar-refractivity contribution is 0.0953. The van der Waals surface area contributed by atoms with E-state index < -0.39 is 0 Å². The number of amides is 1. The van der Waals surface area contributed by atoms with Gasteiger partial charge in [-0.15, -0.1) is 0 Å². The fourth-order valence-corrected chi connectivity index (χ4v) is 2.75. The maximum Gasteiger partial charge on any atom is 0.251 e. The molecule has 26 heavy (non-hydrogen) atoms. The molecule has 1 amide bonds. The van der Waals surface area contributed by atoms with Gasteiger partial charge < -0.3 is 14.8 Å². The number of hydrogen-bond acceptors (Lipinski definition) is 3. The minimum atomic E-state index is -0.0481. The molecule has 0 spiro atoms. The molecule has 0 fully saturated rings. The van der Waals surface area contributed by atoms with Crippen molar-refractivity contribution in [2.24, 2.45) is 0 Å². The third-order valence-corrected chi connectivity index (χ3v) is 3.93. The first-order valence-corrected chi connectivity index (χ1v) is 9.27. The van der Waals surface area contributed by atoms with Gasteiger partial charge >= 0.3 is 0 Å². The van der Waals surface area contributed by atoms with Gasteiger partial charge in [-0.05, 0) is 82.0 Å². The van der Waals surface area contributed by atoms with Crippen molar-refractivity contribution in [3.8, 4) is 11.5 Å². The van der Waals surface area contributed by atoms with Crippen LogP contribution in [0.15, 0.2) is 42.5 Å². The Bertz CT molecular complexity index is 725. The minimum Gasteiger partial charge on any atom is -0.494 e. The highest BCUT2D eigenvalue weighted by atomic mass is 16.5. The highest BCUT2D eigenvalue weighted by Gasteiger charge is 2.08. The molecule has 0 bridgehead atoms. The van der Waals surface area contributed by atoms with Gasteiger partial charge in [-0.1, -0.05) is 12.1 Å². The molecule has 140 valence electrons. The maximum atomic E-state index is 12.3. The van der Waals surface area contributed by atoms with E-state index >= 15 is 0 Å². The Morgan fingerprint density at radius 3 is 2.65 bits per heavy atom. The second-order valence-corrected chi connectivity index (χ2v) is 6.59. The topological polar surface area (TPSA) is 47.6 Å². The molecule has 4 heteroatoms. The highest BCUT2D eigenvalue weighted by Crippen LogP contribution is 2.19. The highest BCUT2D eigenvalue weighted by molar-refractivity contribution is 5.94. The number of ether oxygens (including phenoxy) is 2. The first kappa shape index (κ1) is 19.8. The minimum absolute atomic E-state index is 0.0481. The Morgan fingerprint density at radius 1 is 1.15 bits per heavy atom. The summed E-state index contributed by atoms with van der Waals surface area (Å²) in [6.07, 6.45) is 1.95. The van der Waals surface area contributed by atoms with Crippen LogP contribution in [0, 0.1) is 6.92 Å². The van der Waals surface area contributed by atoms with Crippen molar-refractivity contribution < 1.29 is 14.3 Å². The van der Waals surface area contributed by atoms with Gasteiger partial charge in [-0.3, -0.25) is 4.79 Å². The zero-order valence-electron chi connectivity index (χ0n) is 16.2. The molecule has 2 aromatic rings. The Kier molecular flexibility index (Phi) is 7.52. The van der Waals surface area contributed by atoms with E-state index in [2.05, 4.69) is 17.4 Å². The number of carbonyl (C=O) groups excluding carboxylic acids is 1. The molecule has 0 aliphatic rings. The van der Waals surface area contributed by atoms with Crippen molar-refractivity contribution in [2.45, 2.75) is 46.6 Å². The Labute approximate surface area is 156 Å². The van der Waals surface area contributed by atoms with Crippen LogP contribution < -0.4 is 14.8 Å². The molecule has 0 aromatic heterocycles. The van der Waals surface area contributed by atoms with Crippen LogP contribution in [0.4, 0.5) is 0 Å². The van der Waals surface area contributed by atoms with Crippen molar-refractivity contribution in [3.05, 3.63) is 59.2 Å². The third kappa shape index (κ3) is 6.10. The molecule has 0 atom stereocenters. The predicted octanol–water partition coefficient (Wildman–Crippen LogP) is 4.54. The number of nitrogens with one attached hydrogen (secondary N) is 1. The number of hydrogen-bond donors (Lipinski definition) is 1. The van der Waals surface area contributed by atoms with E-state index in [0.717, 1.165) is 29.9 Å². The zero-order chi connectivity index (χ0) is 18.9. The molecule has 2 rings (SSSR count). The van der Waals surface area contributed by atoms with E-state index in [1.54, 1.807) is 6.07 Å². The summed E-state index contributed by atoms with van der Waals surface area (Å²) in [7, 11) is 0. The van der Waals surface area contributed by atoms with Crippen LogP contribution in [0.25, 0.3) is 0 Å². The van der Waals surface area contributed by atoms with Gasteiger partial charge in [0.2, 0.25) is 0 Å². The Morgan fingerprint density at radius 2 is 1.96 bits per heavy atom. The van der Waals surface area contributed by atoms with E-state index in [1.165, 1.54) is 5.56 Å². The van der Waals surface area contributed by atoms with E-state index in [4.69, 9.17) is 9.47 Å². The molecule has 0 unspecified atom stereocenters. The Balaban J connectivity index is 1.81. The summed E-state index contributed by atoms with van der Waals surface area (Å²) in [6, 6.07) is 13.7. The Hall–Kier alpha value is -2.49. The quantitative estimate of drug-likeness (QED) is 0.672. The van der Waals surface area contributed by atoms with Gasteiger partial charge in [-0.25, -0.2) is 0 Å². The summed E-state index contributed by atoms with van der Waals surface area (Å²) in [5.41, 5.74) is 2.86. The van der Waals surface area contributed by atoms with Crippen LogP contribution in [0.2, 0.25) is 0 Å². The molecule has 0 aliphatic carbocycles. The van der Waals surface area contributed by atoms with Crippen LogP contribution >= 0.6 is 0 Å². The largest absolute Gasteiger partial charge is 0.494 e. The molecule has 1 N–H and O–H groups in total. The molecule has 0 saturated heterocycles. The number of benzene rings is 2. The molecular weight excluding hydrogens is 326 g/mol. The number of aryl methyl sites for hydroxylation is 2. The summed E-state index contributed by atoms with van der Waals surface area (Å²) in [5.74, 6) is 1.67. The van der Waals surface area contributed by atoms with Crippen LogP contribution in [0.1, 0.15) is 48.7 Å².